The zero-order valence-corrected chi connectivity index (χ0v) is 15.7. The van der Waals surface area contributed by atoms with Crippen molar-refractivity contribution in [2.45, 2.75) is 18.9 Å². The summed E-state index contributed by atoms with van der Waals surface area (Å²) in [5, 5.41) is 10.5. The van der Waals surface area contributed by atoms with Gasteiger partial charge in [0.15, 0.2) is 0 Å². The molecule has 2 aromatic carbocycles. The molecule has 6 heteroatoms. The molecule has 1 heterocycles. The van der Waals surface area contributed by atoms with Crippen molar-refractivity contribution in [3.05, 3.63) is 89.0 Å². The smallest absolute Gasteiger partial charge is 0.223 e. The second-order valence-corrected chi connectivity index (χ2v) is 6.73. The van der Waals surface area contributed by atoms with Gasteiger partial charge in [0.1, 0.15) is 12.1 Å². The van der Waals surface area contributed by atoms with Gasteiger partial charge in [-0.25, -0.2) is 9.97 Å². The van der Waals surface area contributed by atoms with E-state index in [1.54, 1.807) is 42.4 Å². The summed E-state index contributed by atoms with van der Waals surface area (Å²) in [6.45, 7) is 0.399. The molecule has 0 aliphatic carbocycles. The first-order valence-corrected chi connectivity index (χ1v) is 8.94. The van der Waals surface area contributed by atoms with Crippen molar-refractivity contribution in [1.82, 2.24) is 14.9 Å². The van der Waals surface area contributed by atoms with E-state index >= 15 is 0 Å². The molecule has 0 saturated carbocycles. The van der Waals surface area contributed by atoms with E-state index in [-0.39, 0.29) is 24.0 Å². The van der Waals surface area contributed by atoms with Crippen LogP contribution in [0.4, 0.5) is 0 Å². The molecule has 1 N–H and O–H groups in total. The highest BCUT2D eigenvalue weighted by Crippen LogP contribution is 2.34. The fourth-order valence-electron chi connectivity index (χ4n) is 2.98. The van der Waals surface area contributed by atoms with Gasteiger partial charge in [-0.3, -0.25) is 4.79 Å². The molecule has 3 aromatic rings. The predicted octanol–water partition coefficient (Wildman–Crippen LogP) is 4.02. The zero-order valence-electron chi connectivity index (χ0n) is 14.9. The summed E-state index contributed by atoms with van der Waals surface area (Å²) in [4.78, 5) is 22.6. The number of carbonyl (C=O) groups excluding carboxylic acids is 1. The van der Waals surface area contributed by atoms with E-state index in [9.17, 15) is 9.90 Å². The highest BCUT2D eigenvalue weighted by atomic mass is 35.5. The number of phenols is 1. The first-order chi connectivity index (χ1) is 13.0. The lowest BCUT2D eigenvalue weighted by atomic mass is 9.88. The van der Waals surface area contributed by atoms with Crippen molar-refractivity contribution in [2.24, 2.45) is 0 Å². The topological polar surface area (TPSA) is 66.3 Å². The molecular formula is C21H20ClN3O2. The van der Waals surface area contributed by atoms with Gasteiger partial charge in [0.25, 0.3) is 0 Å². The number of phenolic OH excluding ortho intramolecular Hbond substituents is 1. The van der Waals surface area contributed by atoms with Crippen LogP contribution in [0.25, 0.3) is 0 Å². The molecule has 1 amide bonds. The number of aromatic nitrogens is 2. The van der Waals surface area contributed by atoms with Crippen LogP contribution >= 0.6 is 11.6 Å². The molecule has 0 aliphatic rings. The van der Waals surface area contributed by atoms with Crippen molar-refractivity contribution in [1.29, 1.82) is 0 Å². The Labute approximate surface area is 163 Å². The standard InChI is InChI=1S/C21H20ClN3O2/c1-25(13-16-9-10-23-14-24-16)21(27)12-19(15-5-4-6-17(26)11-15)18-7-2-3-8-20(18)22/h2-11,14,19,26H,12-13H2,1H3/t19-/m0/s1. The van der Waals surface area contributed by atoms with Crippen LogP contribution in [0.1, 0.15) is 29.2 Å². The number of hydrogen-bond donors (Lipinski definition) is 1. The third-order valence-electron chi connectivity index (χ3n) is 4.40. The van der Waals surface area contributed by atoms with E-state index in [2.05, 4.69) is 9.97 Å². The molecule has 1 atom stereocenters. The molecule has 0 radical (unpaired) electrons. The van der Waals surface area contributed by atoms with Gasteiger partial charge in [0.05, 0.1) is 12.2 Å². The third-order valence-corrected chi connectivity index (χ3v) is 4.74. The average molecular weight is 382 g/mol. The van der Waals surface area contributed by atoms with E-state index in [0.29, 0.717) is 11.6 Å². The molecule has 27 heavy (non-hydrogen) atoms. The first-order valence-electron chi connectivity index (χ1n) is 8.57. The van der Waals surface area contributed by atoms with Crippen molar-refractivity contribution < 1.29 is 9.90 Å². The van der Waals surface area contributed by atoms with E-state index in [1.165, 1.54) is 6.33 Å². The average Bonchev–Trinajstić information content (AvgIpc) is 2.67. The SMILES string of the molecule is CN(Cc1ccncn1)C(=O)C[C@@H](c1cccc(O)c1)c1ccccc1Cl. The number of benzene rings is 2. The van der Waals surface area contributed by atoms with Crippen LogP contribution in [0.15, 0.2) is 67.1 Å². The summed E-state index contributed by atoms with van der Waals surface area (Å²) in [5.41, 5.74) is 2.47. The number of aromatic hydroxyl groups is 1. The molecule has 0 bridgehead atoms. The Kier molecular flexibility index (Phi) is 6.04. The van der Waals surface area contributed by atoms with E-state index < -0.39 is 0 Å². The van der Waals surface area contributed by atoms with Gasteiger partial charge >= 0.3 is 0 Å². The Balaban J connectivity index is 1.85. The lowest BCUT2D eigenvalue weighted by Gasteiger charge is -2.23. The van der Waals surface area contributed by atoms with Crippen molar-refractivity contribution in [2.75, 3.05) is 7.05 Å². The zero-order chi connectivity index (χ0) is 19.2. The van der Waals surface area contributed by atoms with Gasteiger partial charge in [-0.05, 0) is 35.4 Å². The number of carbonyl (C=O) groups is 1. The van der Waals surface area contributed by atoms with Gasteiger partial charge in [-0.15, -0.1) is 0 Å². The lowest BCUT2D eigenvalue weighted by molar-refractivity contribution is -0.130. The lowest BCUT2D eigenvalue weighted by Crippen LogP contribution is -2.28. The second kappa shape index (κ2) is 8.64. The van der Waals surface area contributed by atoms with Crippen LogP contribution in [0, 0.1) is 0 Å². The summed E-state index contributed by atoms with van der Waals surface area (Å²) in [6.07, 6.45) is 3.35. The van der Waals surface area contributed by atoms with Crippen LogP contribution in [-0.4, -0.2) is 32.9 Å². The van der Waals surface area contributed by atoms with Crippen LogP contribution in [0.5, 0.6) is 5.75 Å². The molecule has 3 rings (SSSR count). The quantitative estimate of drug-likeness (QED) is 0.700. The Morgan fingerprint density at radius 1 is 1.19 bits per heavy atom. The fourth-order valence-corrected chi connectivity index (χ4v) is 3.25. The Morgan fingerprint density at radius 3 is 2.70 bits per heavy atom. The number of rotatable bonds is 6. The largest absolute Gasteiger partial charge is 0.508 e. The van der Waals surface area contributed by atoms with Gasteiger partial charge in [0.2, 0.25) is 5.91 Å². The minimum Gasteiger partial charge on any atom is -0.508 e. The van der Waals surface area contributed by atoms with Crippen LogP contribution in [0.2, 0.25) is 5.02 Å². The van der Waals surface area contributed by atoms with Gasteiger partial charge in [-0.1, -0.05) is 41.9 Å². The highest BCUT2D eigenvalue weighted by molar-refractivity contribution is 6.31. The minimum atomic E-state index is -0.258. The fraction of sp³-hybridized carbons (Fsp3) is 0.190. The molecule has 0 aliphatic heterocycles. The summed E-state index contributed by atoms with van der Waals surface area (Å²) < 4.78 is 0. The Bertz CT molecular complexity index is 918. The highest BCUT2D eigenvalue weighted by Gasteiger charge is 2.23. The van der Waals surface area contributed by atoms with Crippen LogP contribution < -0.4 is 0 Å². The summed E-state index contributed by atoms with van der Waals surface area (Å²) >= 11 is 6.40. The normalized spacial score (nSPS) is 11.8. The number of halogens is 1. The molecule has 5 nitrogen and oxygen atoms in total. The van der Waals surface area contributed by atoms with Crippen molar-refractivity contribution in [3.63, 3.8) is 0 Å². The number of nitrogens with zero attached hydrogens (tertiary/aromatic N) is 3. The van der Waals surface area contributed by atoms with Crippen molar-refractivity contribution >= 4 is 17.5 Å². The second-order valence-electron chi connectivity index (χ2n) is 6.32. The maximum atomic E-state index is 12.9. The molecule has 0 spiro atoms. The first kappa shape index (κ1) is 18.9. The Hall–Kier alpha value is -2.92. The predicted molar refractivity (Wildman–Crippen MR) is 105 cm³/mol. The van der Waals surface area contributed by atoms with Crippen LogP contribution in [0.3, 0.4) is 0 Å². The van der Waals surface area contributed by atoms with Gasteiger partial charge < -0.3 is 10.0 Å². The number of hydrogen-bond acceptors (Lipinski definition) is 4. The van der Waals surface area contributed by atoms with Crippen LogP contribution in [-0.2, 0) is 11.3 Å². The Morgan fingerprint density at radius 2 is 2.00 bits per heavy atom. The molecule has 1 aromatic heterocycles. The monoisotopic (exact) mass is 381 g/mol. The summed E-state index contributed by atoms with van der Waals surface area (Å²) in [6, 6.07) is 16.2. The van der Waals surface area contributed by atoms with Crippen molar-refractivity contribution in [3.8, 4) is 5.75 Å². The van der Waals surface area contributed by atoms with E-state index in [1.807, 2.05) is 30.3 Å². The molecular weight excluding hydrogens is 362 g/mol. The van der Waals surface area contributed by atoms with Gasteiger partial charge in [0, 0.05) is 30.6 Å². The number of amides is 1. The molecule has 138 valence electrons. The minimum absolute atomic E-state index is 0.0399. The van der Waals surface area contributed by atoms with Gasteiger partial charge in [-0.2, -0.15) is 0 Å². The molecule has 0 fully saturated rings. The summed E-state index contributed by atoms with van der Waals surface area (Å²) in [5.74, 6) is -0.139. The summed E-state index contributed by atoms with van der Waals surface area (Å²) in [7, 11) is 1.75. The molecule has 0 saturated heterocycles. The maximum absolute atomic E-state index is 12.9. The third kappa shape index (κ3) is 4.83. The molecule has 0 unspecified atom stereocenters. The van der Waals surface area contributed by atoms with E-state index in [4.69, 9.17) is 11.6 Å². The maximum Gasteiger partial charge on any atom is 0.223 e. The van der Waals surface area contributed by atoms with E-state index in [0.717, 1.165) is 16.8 Å².